The van der Waals surface area contributed by atoms with Gasteiger partial charge in [0.05, 0.1) is 5.92 Å². The van der Waals surface area contributed by atoms with Gasteiger partial charge in [0.15, 0.2) is 11.5 Å². The van der Waals surface area contributed by atoms with E-state index in [9.17, 15) is 4.79 Å². The molecule has 150 valence electrons. The molecule has 2 heterocycles. The number of hydrogen-bond donors (Lipinski definition) is 0. The van der Waals surface area contributed by atoms with Gasteiger partial charge < -0.3 is 14.4 Å². The molecule has 4 nitrogen and oxygen atoms in total. The van der Waals surface area contributed by atoms with Crippen LogP contribution >= 0.6 is 11.6 Å². The highest BCUT2D eigenvalue weighted by Gasteiger charge is 2.45. The van der Waals surface area contributed by atoms with Gasteiger partial charge in [-0.05, 0) is 41.8 Å². The van der Waals surface area contributed by atoms with Crippen molar-refractivity contribution in [1.82, 2.24) is 4.90 Å². The fraction of sp³-hybridized carbons (Fsp3) is 0.375. The van der Waals surface area contributed by atoms with Crippen LogP contribution in [0.3, 0.4) is 0 Å². The number of benzene rings is 2. The van der Waals surface area contributed by atoms with Crippen molar-refractivity contribution in [2.24, 2.45) is 5.92 Å². The van der Waals surface area contributed by atoms with Gasteiger partial charge in [0.2, 0.25) is 5.91 Å². The summed E-state index contributed by atoms with van der Waals surface area (Å²) in [5.74, 6) is 3.44. The minimum Gasteiger partial charge on any atom is -0.448 e. The van der Waals surface area contributed by atoms with E-state index in [4.69, 9.17) is 27.5 Å². The summed E-state index contributed by atoms with van der Waals surface area (Å²) in [6.45, 7) is 5.33. The molecular formula is C24H24ClNO3. The van der Waals surface area contributed by atoms with Gasteiger partial charge in [-0.15, -0.1) is 6.42 Å². The molecule has 0 saturated carbocycles. The molecule has 0 aliphatic carbocycles. The van der Waals surface area contributed by atoms with Crippen LogP contribution in [0.2, 0.25) is 5.02 Å². The summed E-state index contributed by atoms with van der Waals surface area (Å²) in [5.41, 5.74) is 1.76. The summed E-state index contributed by atoms with van der Waals surface area (Å²) in [7, 11) is 0. The largest absolute Gasteiger partial charge is 0.448 e. The van der Waals surface area contributed by atoms with Gasteiger partial charge in [-0.25, -0.2) is 0 Å². The molecule has 5 heteroatoms. The zero-order valence-corrected chi connectivity index (χ0v) is 17.4. The van der Waals surface area contributed by atoms with E-state index in [1.54, 1.807) is 0 Å². The molecule has 4 rings (SSSR count). The number of carbonyl (C=O) groups is 1. The summed E-state index contributed by atoms with van der Waals surface area (Å²) in [4.78, 5) is 15.2. The minimum atomic E-state index is -0.708. The molecule has 2 aliphatic heterocycles. The Hall–Kier alpha value is -2.64. The van der Waals surface area contributed by atoms with Crippen LogP contribution in [0.25, 0.3) is 0 Å². The summed E-state index contributed by atoms with van der Waals surface area (Å²) in [6, 6.07) is 13.1. The maximum absolute atomic E-state index is 13.3. The lowest BCUT2D eigenvalue weighted by atomic mass is 9.86. The molecule has 1 fully saturated rings. The Morgan fingerprint density at radius 2 is 1.76 bits per heavy atom. The van der Waals surface area contributed by atoms with Crippen LogP contribution in [0.15, 0.2) is 42.5 Å². The average molecular weight is 410 g/mol. The molecule has 0 bridgehead atoms. The first kappa shape index (κ1) is 19.7. The van der Waals surface area contributed by atoms with Crippen molar-refractivity contribution in [2.75, 3.05) is 13.1 Å². The number of piperidine rings is 1. The zero-order chi connectivity index (χ0) is 20.6. The molecule has 0 radical (unpaired) electrons. The Morgan fingerprint density at radius 1 is 1.10 bits per heavy atom. The van der Waals surface area contributed by atoms with E-state index in [0.29, 0.717) is 42.5 Å². The van der Waals surface area contributed by atoms with Crippen LogP contribution in [0.5, 0.6) is 11.5 Å². The number of terminal acetylenes is 1. The van der Waals surface area contributed by atoms with Gasteiger partial charge in [-0.1, -0.05) is 43.5 Å². The minimum absolute atomic E-state index is 0.141. The third-order valence-electron chi connectivity index (χ3n) is 5.70. The molecule has 1 amide bonds. The van der Waals surface area contributed by atoms with Crippen molar-refractivity contribution in [3.63, 3.8) is 0 Å². The Morgan fingerprint density at radius 3 is 2.38 bits per heavy atom. The number of rotatable bonds is 3. The summed E-state index contributed by atoms with van der Waals surface area (Å²) >= 11 is 6.02. The van der Waals surface area contributed by atoms with Crippen LogP contribution in [0.4, 0.5) is 0 Å². The molecule has 29 heavy (non-hydrogen) atoms. The van der Waals surface area contributed by atoms with E-state index in [1.807, 2.05) is 47.4 Å². The fourth-order valence-electron chi connectivity index (χ4n) is 4.13. The topological polar surface area (TPSA) is 38.8 Å². The SMILES string of the molecule is C#Cc1ccc2c(c1)OC1(CCN(C(=O)C(c3ccc(Cl)cc3)C(C)C)CC1)O2. The smallest absolute Gasteiger partial charge is 0.255 e. The van der Waals surface area contributed by atoms with Crippen LogP contribution in [0, 0.1) is 18.3 Å². The first-order valence-electron chi connectivity index (χ1n) is 9.94. The molecule has 0 aromatic heterocycles. The molecule has 1 atom stereocenters. The van der Waals surface area contributed by atoms with Crippen LogP contribution < -0.4 is 9.47 Å². The highest BCUT2D eigenvalue weighted by molar-refractivity contribution is 6.30. The second kappa shape index (κ2) is 7.65. The summed E-state index contributed by atoms with van der Waals surface area (Å²) < 4.78 is 12.3. The third-order valence-corrected chi connectivity index (χ3v) is 5.95. The fourth-order valence-corrected chi connectivity index (χ4v) is 4.26. The van der Waals surface area contributed by atoms with Crippen molar-refractivity contribution in [3.8, 4) is 23.8 Å². The maximum atomic E-state index is 13.3. The quantitative estimate of drug-likeness (QED) is 0.680. The van der Waals surface area contributed by atoms with Gasteiger partial charge >= 0.3 is 0 Å². The first-order chi connectivity index (χ1) is 13.9. The lowest BCUT2D eigenvalue weighted by Crippen LogP contribution is -2.52. The second-order valence-electron chi connectivity index (χ2n) is 8.02. The highest BCUT2D eigenvalue weighted by Crippen LogP contribution is 2.44. The lowest BCUT2D eigenvalue weighted by molar-refractivity contribution is -0.148. The van der Waals surface area contributed by atoms with E-state index in [0.717, 1.165) is 11.1 Å². The van der Waals surface area contributed by atoms with Crippen molar-refractivity contribution in [1.29, 1.82) is 0 Å². The standard InChI is InChI=1S/C24H24ClNO3/c1-4-17-5-10-20-21(15-17)29-24(28-20)11-13-26(14-12-24)23(27)22(16(2)3)18-6-8-19(25)9-7-18/h1,5-10,15-16,22H,11-14H2,2-3H3. The molecule has 2 aliphatic rings. The lowest BCUT2D eigenvalue weighted by Gasteiger charge is -2.39. The van der Waals surface area contributed by atoms with E-state index in [2.05, 4.69) is 19.8 Å². The number of likely N-dealkylation sites (tertiary alicyclic amines) is 1. The average Bonchev–Trinajstić information content (AvgIpc) is 3.06. The van der Waals surface area contributed by atoms with Crippen molar-refractivity contribution in [3.05, 3.63) is 58.6 Å². The predicted octanol–water partition coefficient (Wildman–Crippen LogP) is 4.85. The number of fused-ring (bicyclic) bond motifs is 1. The third kappa shape index (κ3) is 3.80. The van der Waals surface area contributed by atoms with Crippen LogP contribution in [-0.2, 0) is 4.79 Å². The van der Waals surface area contributed by atoms with Gasteiger partial charge in [-0.3, -0.25) is 4.79 Å². The van der Waals surface area contributed by atoms with Crippen LogP contribution in [-0.4, -0.2) is 29.7 Å². The molecule has 2 aromatic rings. The first-order valence-corrected chi connectivity index (χ1v) is 10.3. The van der Waals surface area contributed by atoms with Crippen molar-refractivity contribution in [2.45, 2.75) is 38.4 Å². The van der Waals surface area contributed by atoms with Gasteiger partial charge in [0.1, 0.15) is 0 Å². The van der Waals surface area contributed by atoms with E-state index < -0.39 is 5.79 Å². The molecular weight excluding hydrogens is 386 g/mol. The number of hydrogen-bond acceptors (Lipinski definition) is 3. The Balaban J connectivity index is 1.46. The number of halogens is 1. The molecule has 2 aromatic carbocycles. The van der Waals surface area contributed by atoms with Gasteiger partial charge in [0, 0.05) is 36.5 Å². The Labute approximate surface area is 176 Å². The van der Waals surface area contributed by atoms with E-state index in [-0.39, 0.29) is 17.7 Å². The van der Waals surface area contributed by atoms with Gasteiger partial charge in [-0.2, -0.15) is 0 Å². The highest BCUT2D eigenvalue weighted by atomic mass is 35.5. The number of ether oxygens (including phenoxy) is 2. The van der Waals surface area contributed by atoms with Crippen molar-refractivity contribution >= 4 is 17.5 Å². The Bertz CT molecular complexity index is 953. The maximum Gasteiger partial charge on any atom is 0.255 e. The number of nitrogens with zero attached hydrogens (tertiary/aromatic N) is 1. The number of carbonyl (C=O) groups excluding carboxylic acids is 1. The second-order valence-corrected chi connectivity index (χ2v) is 8.46. The molecule has 1 unspecified atom stereocenters. The summed E-state index contributed by atoms with van der Waals surface area (Å²) in [5, 5.41) is 0.673. The van der Waals surface area contributed by atoms with E-state index >= 15 is 0 Å². The molecule has 1 spiro atoms. The molecule has 1 saturated heterocycles. The monoisotopic (exact) mass is 409 g/mol. The van der Waals surface area contributed by atoms with Crippen molar-refractivity contribution < 1.29 is 14.3 Å². The summed E-state index contributed by atoms with van der Waals surface area (Å²) in [6.07, 6.45) is 6.71. The Kier molecular flexibility index (Phi) is 5.19. The van der Waals surface area contributed by atoms with Gasteiger partial charge in [0.25, 0.3) is 5.79 Å². The normalized spacial score (nSPS) is 18.0. The predicted molar refractivity (Wildman–Crippen MR) is 113 cm³/mol. The van der Waals surface area contributed by atoms with Crippen LogP contribution in [0.1, 0.15) is 43.7 Å². The molecule has 0 N–H and O–H groups in total. The number of amides is 1. The van der Waals surface area contributed by atoms with E-state index in [1.165, 1.54) is 0 Å². The zero-order valence-electron chi connectivity index (χ0n) is 16.7.